The average molecular weight is 261 g/mol. The third-order valence-corrected chi connectivity index (χ3v) is 3.86. The maximum atomic E-state index is 11.9. The van der Waals surface area contributed by atoms with Gasteiger partial charge in [-0.15, -0.1) is 0 Å². The van der Waals surface area contributed by atoms with Crippen molar-refractivity contribution in [2.24, 2.45) is 5.92 Å². The van der Waals surface area contributed by atoms with Crippen LogP contribution >= 0.6 is 0 Å². The molecule has 2 amide bonds. The van der Waals surface area contributed by atoms with Crippen LogP contribution in [0, 0.1) is 5.92 Å². The molecular weight excluding hydrogens is 238 g/mol. The van der Waals surface area contributed by atoms with Crippen LogP contribution in [0.1, 0.15) is 39.0 Å². The van der Waals surface area contributed by atoms with Crippen molar-refractivity contribution >= 4 is 17.4 Å². The molecule has 0 radical (unpaired) electrons. The standard InChI is InChI=1S/C15H23N3O/c1-2-11-4-3-5-14(10-11)18-15(19)17-13-8-6-12(16)7-9-13/h6-9,11,14H,2-5,10,16H2,1H3,(H2,17,18,19). The number of carbonyl (C=O) groups is 1. The topological polar surface area (TPSA) is 67.2 Å². The van der Waals surface area contributed by atoms with E-state index in [1.165, 1.54) is 19.3 Å². The van der Waals surface area contributed by atoms with Crippen LogP contribution in [-0.2, 0) is 0 Å². The number of anilines is 2. The van der Waals surface area contributed by atoms with Crippen molar-refractivity contribution in [3.05, 3.63) is 24.3 Å². The van der Waals surface area contributed by atoms with Crippen molar-refractivity contribution < 1.29 is 4.79 Å². The minimum atomic E-state index is -0.119. The number of carbonyl (C=O) groups excluding carboxylic acids is 1. The molecule has 1 saturated carbocycles. The van der Waals surface area contributed by atoms with Crippen LogP contribution in [0.25, 0.3) is 0 Å². The van der Waals surface area contributed by atoms with Gasteiger partial charge in [-0.2, -0.15) is 0 Å². The fourth-order valence-electron chi connectivity index (χ4n) is 2.71. The van der Waals surface area contributed by atoms with Gasteiger partial charge in [0.25, 0.3) is 0 Å². The monoisotopic (exact) mass is 261 g/mol. The van der Waals surface area contributed by atoms with Crippen molar-refractivity contribution in [1.29, 1.82) is 0 Å². The van der Waals surface area contributed by atoms with Gasteiger partial charge in [0.05, 0.1) is 0 Å². The lowest BCUT2D eigenvalue weighted by atomic mass is 9.84. The van der Waals surface area contributed by atoms with Crippen molar-refractivity contribution in [2.45, 2.75) is 45.1 Å². The van der Waals surface area contributed by atoms with Gasteiger partial charge in [-0.3, -0.25) is 0 Å². The summed E-state index contributed by atoms with van der Waals surface area (Å²) in [7, 11) is 0. The fourth-order valence-corrected chi connectivity index (χ4v) is 2.71. The molecule has 104 valence electrons. The summed E-state index contributed by atoms with van der Waals surface area (Å²) >= 11 is 0. The molecule has 1 aromatic rings. The average Bonchev–Trinajstić information content (AvgIpc) is 2.41. The molecule has 0 spiro atoms. The van der Waals surface area contributed by atoms with E-state index in [4.69, 9.17) is 5.73 Å². The van der Waals surface area contributed by atoms with Crippen molar-refractivity contribution in [2.75, 3.05) is 11.1 Å². The highest BCUT2D eigenvalue weighted by Gasteiger charge is 2.21. The van der Waals surface area contributed by atoms with E-state index in [2.05, 4.69) is 17.6 Å². The highest BCUT2D eigenvalue weighted by Crippen LogP contribution is 2.26. The van der Waals surface area contributed by atoms with Gasteiger partial charge >= 0.3 is 6.03 Å². The van der Waals surface area contributed by atoms with Gasteiger partial charge in [0.2, 0.25) is 0 Å². The molecule has 4 N–H and O–H groups in total. The molecule has 0 aromatic heterocycles. The molecule has 2 atom stereocenters. The third-order valence-electron chi connectivity index (χ3n) is 3.86. The van der Waals surface area contributed by atoms with Gasteiger partial charge in [-0.05, 0) is 43.0 Å². The SMILES string of the molecule is CCC1CCCC(NC(=O)Nc2ccc(N)cc2)C1. The molecule has 0 aliphatic heterocycles. The van der Waals surface area contributed by atoms with Gasteiger partial charge in [0, 0.05) is 17.4 Å². The fraction of sp³-hybridized carbons (Fsp3) is 0.533. The van der Waals surface area contributed by atoms with Crippen molar-refractivity contribution in [1.82, 2.24) is 5.32 Å². The summed E-state index contributed by atoms with van der Waals surface area (Å²) in [6, 6.07) is 7.38. The second-order valence-electron chi connectivity index (χ2n) is 5.36. The molecule has 0 bridgehead atoms. The van der Waals surface area contributed by atoms with Crippen molar-refractivity contribution in [3.63, 3.8) is 0 Å². The molecule has 1 aliphatic carbocycles. The Kier molecular flexibility index (Phi) is 4.66. The molecule has 0 saturated heterocycles. The Hall–Kier alpha value is -1.71. The van der Waals surface area contributed by atoms with E-state index in [0.717, 1.165) is 24.4 Å². The summed E-state index contributed by atoms with van der Waals surface area (Å²) in [4.78, 5) is 11.9. The van der Waals surface area contributed by atoms with Crippen LogP contribution in [0.2, 0.25) is 0 Å². The lowest BCUT2D eigenvalue weighted by Crippen LogP contribution is -2.40. The molecule has 4 nitrogen and oxygen atoms in total. The van der Waals surface area contributed by atoms with Crippen LogP contribution in [0.4, 0.5) is 16.2 Å². The molecule has 19 heavy (non-hydrogen) atoms. The zero-order valence-electron chi connectivity index (χ0n) is 11.5. The van der Waals surface area contributed by atoms with E-state index >= 15 is 0 Å². The van der Waals surface area contributed by atoms with Gasteiger partial charge in [-0.25, -0.2) is 4.79 Å². The van der Waals surface area contributed by atoms with E-state index in [-0.39, 0.29) is 6.03 Å². The van der Waals surface area contributed by atoms with E-state index < -0.39 is 0 Å². The molecular formula is C15H23N3O. The van der Waals surface area contributed by atoms with Crippen LogP contribution < -0.4 is 16.4 Å². The van der Waals surface area contributed by atoms with E-state index in [9.17, 15) is 4.79 Å². The zero-order valence-corrected chi connectivity index (χ0v) is 11.5. The first-order valence-electron chi connectivity index (χ1n) is 7.10. The Morgan fingerprint density at radius 3 is 2.74 bits per heavy atom. The highest BCUT2D eigenvalue weighted by molar-refractivity contribution is 5.89. The maximum Gasteiger partial charge on any atom is 0.319 e. The molecule has 2 unspecified atom stereocenters. The quantitative estimate of drug-likeness (QED) is 0.730. The molecule has 4 heteroatoms. The van der Waals surface area contributed by atoms with Crippen LogP contribution in [0.5, 0.6) is 0 Å². The van der Waals surface area contributed by atoms with Crippen LogP contribution in [0.3, 0.4) is 0 Å². The lowest BCUT2D eigenvalue weighted by Gasteiger charge is -2.29. The lowest BCUT2D eigenvalue weighted by molar-refractivity contribution is 0.235. The number of hydrogen-bond donors (Lipinski definition) is 3. The number of nitrogens with two attached hydrogens (primary N) is 1. The van der Waals surface area contributed by atoms with Crippen LogP contribution in [-0.4, -0.2) is 12.1 Å². The zero-order chi connectivity index (χ0) is 13.7. The Bertz CT molecular complexity index is 416. The number of benzene rings is 1. The Labute approximate surface area is 114 Å². The third kappa shape index (κ3) is 4.16. The number of rotatable bonds is 3. The Morgan fingerprint density at radius 1 is 1.32 bits per heavy atom. The molecule has 0 heterocycles. The first kappa shape index (κ1) is 13.7. The minimum absolute atomic E-state index is 0.119. The highest BCUT2D eigenvalue weighted by atomic mass is 16.2. The minimum Gasteiger partial charge on any atom is -0.399 e. The van der Waals surface area contributed by atoms with Crippen LogP contribution in [0.15, 0.2) is 24.3 Å². The normalized spacial score (nSPS) is 22.8. The molecule has 1 aliphatic rings. The van der Waals surface area contributed by atoms with E-state index in [1.54, 1.807) is 12.1 Å². The number of nitrogen functional groups attached to an aromatic ring is 1. The van der Waals surface area contributed by atoms with E-state index in [0.29, 0.717) is 11.7 Å². The molecule has 1 fully saturated rings. The first-order valence-corrected chi connectivity index (χ1v) is 7.10. The molecule has 2 rings (SSSR count). The summed E-state index contributed by atoms with van der Waals surface area (Å²) in [6.45, 7) is 2.22. The Balaban J connectivity index is 1.82. The summed E-state index contributed by atoms with van der Waals surface area (Å²) in [5, 5.41) is 5.91. The summed E-state index contributed by atoms with van der Waals surface area (Å²) in [5.41, 5.74) is 7.08. The summed E-state index contributed by atoms with van der Waals surface area (Å²) < 4.78 is 0. The largest absolute Gasteiger partial charge is 0.399 e. The van der Waals surface area contributed by atoms with Gasteiger partial charge < -0.3 is 16.4 Å². The number of urea groups is 1. The maximum absolute atomic E-state index is 11.9. The summed E-state index contributed by atoms with van der Waals surface area (Å²) in [5.74, 6) is 0.760. The predicted octanol–water partition coefficient (Wildman–Crippen LogP) is 3.36. The number of amides is 2. The smallest absolute Gasteiger partial charge is 0.319 e. The Morgan fingerprint density at radius 2 is 2.05 bits per heavy atom. The first-order chi connectivity index (χ1) is 9.17. The predicted molar refractivity (Wildman–Crippen MR) is 79.0 cm³/mol. The summed E-state index contributed by atoms with van der Waals surface area (Å²) in [6.07, 6.45) is 5.91. The van der Waals surface area contributed by atoms with E-state index in [1.807, 2.05) is 12.1 Å². The van der Waals surface area contributed by atoms with Gasteiger partial charge in [0.15, 0.2) is 0 Å². The second-order valence-corrected chi connectivity index (χ2v) is 5.36. The number of nitrogens with one attached hydrogen (secondary N) is 2. The molecule has 1 aromatic carbocycles. The van der Waals surface area contributed by atoms with Gasteiger partial charge in [0.1, 0.15) is 0 Å². The van der Waals surface area contributed by atoms with Crippen molar-refractivity contribution in [3.8, 4) is 0 Å². The second kappa shape index (κ2) is 6.45. The number of hydrogen-bond acceptors (Lipinski definition) is 2. The van der Waals surface area contributed by atoms with Gasteiger partial charge in [-0.1, -0.05) is 26.2 Å².